The Bertz CT molecular complexity index is 643. The molecule has 1 aliphatic heterocycles. The van der Waals surface area contributed by atoms with Crippen LogP contribution in [0.4, 0.5) is 0 Å². The maximum Gasteiger partial charge on any atom is 0.165 e. The van der Waals surface area contributed by atoms with Crippen LogP contribution in [0.15, 0.2) is 29.3 Å². The van der Waals surface area contributed by atoms with Gasteiger partial charge >= 0.3 is 0 Å². The van der Waals surface area contributed by atoms with Gasteiger partial charge < -0.3 is 5.32 Å². The van der Waals surface area contributed by atoms with Crippen LogP contribution in [0, 0.1) is 5.92 Å². The zero-order valence-corrected chi connectivity index (χ0v) is 12.6. The topological polar surface area (TPSA) is 54.9 Å². The molecule has 2 heterocycles. The molecule has 1 saturated heterocycles. The average Bonchev–Trinajstić information content (AvgIpc) is 2.47. The first-order valence-corrected chi connectivity index (χ1v) is 8.45. The van der Waals surface area contributed by atoms with Crippen LogP contribution in [0.2, 0.25) is 5.15 Å². The van der Waals surface area contributed by atoms with Gasteiger partial charge in [0.05, 0.1) is 21.8 Å². The van der Waals surface area contributed by atoms with Crippen molar-refractivity contribution in [2.75, 3.05) is 18.8 Å². The maximum atomic E-state index is 12.5. The average molecular weight is 310 g/mol. The number of rotatable bonds is 3. The van der Waals surface area contributed by atoms with E-state index in [0.29, 0.717) is 16.7 Å². The minimum Gasteiger partial charge on any atom is -0.317 e. The second-order valence-electron chi connectivity index (χ2n) is 5.01. The summed E-state index contributed by atoms with van der Waals surface area (Å²) in [6.45, 7) is 2.00. The molecule has 4 nitrogen and oxygen atoms in total. The Morgan fingerprint density at radius 2 is 1.85 bits per heavy atom. The molecule has 1 aromatic carbocycles. The molecule has 6 heteroatoms. The second kappa shape index (κ2) is 6.16. The van der Waals surface area contributed by atoms with Crippen LogP contribution in [0.1, 0.15) is 12.8 Å². The molecule has 106 valence electrons. The Kier molecular flexibility index (Phi) is 4.29. The summed E-state index contributed by atoms with van der Waals surface area (Å²) >= 11 is 6.14. The van der Waals surface area contributed by atoms with Gasteiger partial charge in [-0.2, -0.15) is 0 Å². The molecular weight excluding hydrogens is 294 g/mol. The summed E-state index contributed by atoms with van der Waals surface area (Å²) in [5.74, 6) is 1.09. The lowest BCUT2D eigenvalue weighted by atomic mass is 10.0. The van der Waals surface area contributed by atoms with E-state index >= 15 is 0 Å². The number of hydrogen-bond acceptors (Lipinski definition) is 4. The van der Waals surface area contributed by atoms with Gasteiger partial charge in [-0.05, 0) is 44.0 Å². The summed E-state index contributed by atoms with van der Waals surface area (Å²) in [5, 5.41) is 3.99. The summed E-state index contributed by atoms with van der Waals surface area (Å²) in [7, 11) is -1.18. The van der Waals surface area contributed by atoms with Gasteiger partial charge in [-0.3, -0.25) is 4.21 Å². The van der Waals surface area contributed by atoms with E-state index in [1.165, 1.54) is 0 Å². The standard InChI is InChI=1S/C14H16ClN3OS/c15-13-14(18-12-4-2-1-3-11(12)17-13)20(19)9-10-5-7-16-8-6-10/h1-4,10,16H,5-9H2/t20-/m0/s1. The molecule has 1 aromatic heterocycles. The van der Waals surface area contributed by atoms with Gasteiger partial charge in [-0.1, -0.05) is 23.7 Å². The molecule has 0 radical (unpaired) electrons. The van der Waals surface area contributed by atoms with Crippen molar-refractivity contribution in [3.05, 3.63) is 29.4 Å². The molecule has 0 aliphatic carbocycles. The quantitative estimate of drug-likeness (QED) is 0.946. The molecule has 20 heavy (non-hydrogen) atoms. The van der Waals surface area contributed by atoms with Crippen LogP contribution in [-0.2, 0) is 10.8 Å². The van der Waals surface area contributed by atoms with Gasteiger partial charge in [0.25, 0.3) is 0 Å². The summed E-state index contributed by atoms with van der Waals surface area (Å²) < 4.78 is 12.5. The molecule has 3 rings (SSSR count). The first-order chi connectivity index (χ1) is 9.74. The number of aromatic nitrogens is 2. The molecule has 0 spiro atoms. The zero-order chi connectivity index (χ0) is 13.9. The van der Waals surface area contributed by atoms with Gasteiger partial charge in [0.15, 0.2) is 10.2 Å². The van der Waals surface area contributed by atoms with E-state index in [1.54, 1.807) is 0 Å². The minimum absolute atomic E-state index is 0.260. The van der Waals surface area contributed by atoms with Crippen molar-refractivity contribution in [1.29, 1.82) is 0 Å². The summed E-state index contributed by atoms with van der Waals surface area (Å²) in [6.07, 6.45) is 2.12. The predicted molar refractivity (Wildman–Crippen MR) is 81.4 cm³/mol. The van der Waals surface area contributed by atoms with Crippen molar-refractivity contribution in [2.45, 2.75) is 17.9 Å². The van der Waals surface area contributed by atoms with Crippen molar-refractivity contribution in [3.8, 4) is 0 Å². The number of nitrogens with zero attached hydrogens (tertiary/aromatic N) is 2. The van der Waals surface area contributed by atoms with Crippen LogP contribution in [0.5, 0.6) is 0 Å². The lowest BCUT2D eigenvalue weighted by Gasteiger charge is -2.21. The predicted octanol–water partition coefficient (Wildman–Crippen LogP) is 2.39. The Morgan fingerprint density at radius 1 is 1.20 bits per heavy atom. The highest BCUT2D eigenvalue weighted by molar-refractivity contribution is 7.85. The molecule has 2 aromatic rings. The molecule has 1 N–H and O–H groups in total. The van der Waals surface area contributed by atoms with E-state index < -0.39 is 10.8 Å². The number of para-hydroxylation sites is 2. The third kappa shape index (κ3) is 3.00. The van der Waals surface area contributed by atoms with Crippen molar-refractivity contribution in [2.24, 2.45) is 5.92 Å². The first-order valence-electron chi connectivity index (χ1n) is 6.75. The van der Waals surface area contributed by atoms with Crippen molar-refractivity contribution >= 4 is 33.4 Å². The normalized spacial score (nSPS) is 18.2. The Morgan fingerprint density at radius 3 is 2.55 bits per heavy atom. The van der Waals surface area contributed by atoms with Crippen LogP contribution < -0.4 is 5.32 Å². The SMILES string of the molecule is O=[S@@](CC1CCNCC1)c1nc2ccccc2nc1Cl. The van der Waals surface area contributed by atoms with Gasteiger partial charge in [0.2, 0.25) is 0 Å². The number of halogens is 1. The Hall–Kier alpha value is -1.04. The Balaban J connectivity index is 1.84. The summed E-state index contributed by atoms with van der Waals surface area (Å²) in [5.41, 5.74) is 1.48. The van der Waals surface area contributed by atoms with Crippen LogP contribution >= 0.6 is 11.6 Å². The molecule has 0 amide bonds. The van der Waals surface area contributed by atoms with E-state index in [2.05, 4.69) is 15.3 Å². The summed E-state index contributed by atoms with van der Waals surface area (Å²) in [6, 6.07) is 7.50. The lowest BCUT2D eigenvalue weighted by Crippen LogP contribution is -2.30. The maximum absolute atomic E-state index is 12.5. The van der Waals surface area contributed by atoms with Crippen LogP contribution in [0.25, 0.3) is 11.0 Å². The van der Waals surface area contributed by atoms with Gasteiger partial charge in [-0.15, -0.1) is 0 Å². The minimum atomic E-state index is -1.18. The fourth-order valence-electron chi connectivity index (χ4n) is 2.45. The summed E-state index contributed by atoms with van der Waals surface area (Å²) in [4.78, 5) is 8.72. The van der Waals surface area contributed by atoms with E-state index in [-0.39, 0.29) is 5.15 Å². The number of benzene rings is 1. The van der Waals surface area contributed by atoms with Crippen molar-refractivity contribution in [3.63, 3.8) is 0 Å². The fraction of sp³-hybridized carbons (Fsp3) is 0.429. The van der Waals surface area contributed by atoms with E-state index in [0.717, 1.165) is 37.0 Å². The number of fused-ring (bicyclic) bond motifs is 1. The van der Waals surface area contributed by atoms with E-state index in [4.69, 9.17) is 11.6 Å². The molecule has 0 bridgehead atoms. The molecule has 1 atom stereocenters. The molecule has 1 aliphatic rings. The number of hydrogen-bond donors (Lipinski definition) is 1. The zero-order valence-electron chi connectivity index (χ0n) is 11.0. The second-order valence-corrected chi connectivity index (χ2v) is 6.78. The lowest BCUT2D eigenvalue weighted by molar-refractivity contribution is 0.405. The van der Waals surface area contributed by atoms with Crippen molar-refractivity contribution < 1.29 is 4.21 Å². The van der Waals surface area contributed by atoms with E-state index in [1.807, 2.05) is 24.3 Å². The Labute approximate surface area is 125 Å². The smallest absolute Gasteiger partial charge is 0.165 e. The highest BCUT2D eigenvalue weighted by Gasteiger charge is 2.20. The third-order valence-corrected chi connectivity index (χ3v) is 5.43. The van der Waals surface area contributed by atoms with Gasteiger partial charge in [0.1, 0.15) is 0 Å². The molecule has 1 fully saturated rings. The van der Waals surface area contributed by atoms with Crippen molar-refractivity contribution in [1.82, 2.24) is 15.3 Å². The molecule has 0 unspecified atom stereocenters. The highest BCUT2D eigenvalue weighted by atomic mass is 35.5. The van der Waals surface area contributed by atoms with Gasteiger partial charge in [0, 0.05) is 5.75 Å². The van der Waals surface area contributed by atoms with E-state index in [9.17, 15) is 4.21 Å². The van der Waals surface area contributed by atoms with Crippen LogP contribution in [0.3, 0.4) is 0 Å². The van der Waals surface area contributed by atoms with Crippen LogP contribution in [-0.4, -0.2) is 33.0 Å². The molecular formula is C14H16ClN3OS. The number of nitrogens with one attached hydrogen (secondary N) is 1. The molecule has 0 saturated carbocycles. The first kappa shape index (κ1) is 13.9. The number of piperidine rings is 1. The third-order valence-electron chi connectivity index (χ3n) is 3.56. The van der Waals surface area contributed by atoms with Gasteiger partial charge in [-0.25, -0.2) is 9.97 Å². The highest BCUT2D eigenvalue weighted by Crippen LogP contribution is 2.22. The monoisotopic (exact) mass is 309 g/mol. The largest absolute Gasteiger partial charge is 0.317 e. The fourth-order valence-corrected chi connectivity index (χ4v) is 4.19.